The summed E-state index contributed by atoms with van der Waals surface area (Å²) >= 11 is 0. The third-order valence-corrected chi connectivity index (χ3v) is 5.36. The van der Waals surface area contributed by atoms with E-state index in [1.807, 2.05) is 81.4 Å². The van der Waals surface area contributed by atoms with Crippen molar-refractivity contribution in [3.05, 3.63) is 72.3 Å². The summed E-state index contributed by atoms with van der Waals surface area (Å²) in [4.78, 5) is 13.1. The third kappa shape index (κ3) is 4.21. The maximum absolute atomic E-state index is 13.1. The molecule has 2 atom stereocenters. The number of ether oxygens (including phenoxy) is 2. The van der Waals surface area contributed by atoms with Gasteiger partial charge < -0.3 is 14.8 Å². The summed E-state index contributed by atoms with van der Waals surface area (Å²) in [6, 6.07) is 21.8. The Morgan fingerprint density at radius 1 is 1.10 bits per heavy atom. The Morgan fingerprint density at radius 2 is 1.83 bits per heavy atom. The second-order valence-electron chi connectivity index (χ2n) is 8.19. The fraction of sp³-hybridized carbons (Fsp3) is 0.320. The highest BCUT2D eigenvalue weighted by atomic mass is 16.5. The van der Waals surface area contributed by atoms with E-state index in [-0.39, 0.29) is 17.6 Å². The molecule has 1 amide bonds. The van der Waals surface area contributed by atoms with Crippen LogP contribution in [0.15, 0.2) is 66.7 Å². The fourth-order valence-corrected chi connectivity index (χ4v) is 3.92. The van der Waals surface area contributed by atoms with Gasteiger partial charge in [0.15, 0.2) is 6.10 Å². The highest BCUT2D eigenvalue weighted by Crippen LogP contribution is 2.39. The van der Waals surface area contributed by atoms with E-state index in [1.165, 1.54) is 0 Å². The average molecular weight is 389 g/mol. The Kier molecular flexibility index (Phi) is 5.18. The zero-order valence-corrected chi connectivity index (χ0v) is 17.1. The van der Waals surface area contributed by atoms with E-state index in [9.17, 15) is 4.79 Å². The first-order valence-corrected chi connectivity index (χ1v) is 10.2. The Hall–Kier alpha value is -3.01. The van der Waals surface area contributed by atoms with Crippen LogP contribution in [0.2, 0.25) is 0 Å². The van der Waals surface area contributed by atoms with Crippen LogP contribution in [0.1, 0.15) is 45.2 Å². The van der Waals surface area contributed by atoms with Gasteiger partial charge in [0.2, 0.25) is 0 Å². The number of nitrogens with one attached hydrogen (secondary N) is 1. The lowest BCUT2D eigenvalue weighted by Crippen LogP contribution is -2.45. The van der Waals surface area contributed by atoms with Crippen LogP contribution in [0.25, 0.3) is 10.8 Å². The molecule has 0 unspecified atom stereocenters. The van der Waals surface area contributed by atoms with Crippen molar-refractivity contribution in [2.45, 2.75) is 51.4 Å². The molecule has 0 saturated heterocycles. The van der Waals surface area contributed by atoms with Crippen molar-refractivity contribution in [1.29, 1.82) is 0 Å². The van der Waals surface area contributed by atoms with E-state index in [2.05, 4.69) is 11.4 Å². The lowest BCUT2D eigenvalue weighted by atomic mass is 9.89. The van der Waals surface area contributed by atoms with Crippen LogP contribution in [0.5, 0.6) is 11.5 Å². The third-order valence-electron chi connectivity index (χ3n) is 5.36. The van der Waals surface area contributed by atoms with Crippen LogP contribution in [-0.4, -0.2) is 17.6 Å². The van der Waals surface area contributed by atoms with E-state index >= 15 is 0 Å². The molecule has 0 bridgehead atoms. The molecule has 3 aromatic carbocycles. The molecule has 29 heavy (non-hydrogen) atoms. The summed E-state index contributed by atoms with van der Waals surface area (Å²) in [5, 5.41) is 5.44. The molecule has 4 heteroatoms. The van der Waals surface area contributed by atoms with Crippen molar-refractivity contribution < 1.29 is 14.3 Å². The second-order valence-corrected chi connectivity index (χ2v) is 8.19. The van der Waals surface area contributed by atoms with Gasteiger partial charge in [-0.25, -0.2) is 0 Å². The largest absolute Gasteiger partial charge is 0.487 e. The predicted molar refractivity (Wildman–Crippen MR) is 115 cm³/mol. The molecule has 1 heterocycles. The van der Waals surface area contributed by atoms with Gasteiger partial charge in [0.05, 0.1) is 6.04 Å². The normalized spacial score (nSPS) is 18.4. The lowest BCUT2D eigenvalue weighted by Gasteiger charge is -2.38. The minimum Gasteiger partial charge on any atom is -0.487 e. The Morgan fingerprint density at radius 3 is 2.62 bits per heavy atom. The van der Waals surface area contributed by atoms with Crippen LogP contribution in [0.3, 0.4) is 0 Å². The standard InChI is InChI=1S/C25H27NO3/c1-4-22(28-19-14-13-17-9-5-6-10-18(17)15-19)24(27)26-21-16-25(2,3)29-23-12-8-7-11-20(21)23/h5-15,21-22H,4,16H2,1-3H3,(H,26,27)/t21-,22+/m0/s1. The topological polar surface area (TPSA) is 47.6 Å². The number of fused-ring (bicyclic) bond motifs is 2. The number of carbonyl (C=O) groups is 1. The summed E-state index contributed by atoms with van der Waals surface area (Å²) in [5.74, 6) is 1.44. The van der Waals surface area contributed by atoms with Gasteiger partial charge in [-0.3, -0.25) is 4.79 Å². The number of hydrogen-bond donors (Lipinski definition) is 1. The zero-order valence-electron chi connectivity index (χ0n) is 17.1. The van der Waals surface area contributed by atoms with Crippen LogP contribution >= 0.6 is 0 Å². The number of benzene rings is 3. The molecule has 0 fully saturated rings. The SMILES string of the molecule is CC[C@@H](Oc1ccc2ccccc2c1)C(=O)N[C@H]1CC(C)(C)Oc2ccccc21. The molecule has 0 spiro atoms. The van der Waals surface area contributed by atoms with E-state index in [0.29, 0.717) is 18.6 Å². The Labute approximate surface area is 171 Å². The Bertz CT molecular complexity index is 1030. The fourth-order valence-electron chi connectivity index (χ4n) is 3.92. The molecule has 1 aliphatic rings. The zero-order chi connectivity index (χ0) is 20.4. The summed E-state index contributed by atoms with van der Waals surface area (Å²) in [6.07, 6.45) is 0.754. The smallest absolute Gasteiger partial charge is 0.261 e. The van der Waals surface area contributed by atoms with E-state index < -0.39 is 6.10 Å². The molecule has 1 aliphatic heterocycles. The van der Waals surface area contributed by atoms with Gasteiger partial charge in [-0.15, -0.1) is 0 Å². The highest BCUT2D eigenvalue weighted by molar-refractivity contribution is 5.84. The van der Waals surface area contributed by atoms with Crippen molar-refractivity contribution in [1.82, 2.24) is 5.32 Å². The molecule has 4 rings (SSSR count). The molecular weight excluding hydrogens is 362 g/mol. The number of rotatable bonds is 5. The minimum absolute atomic E-state index is 0.0989. The molecule has 1 N–H and O–H groups in total. The first-order valence-electron chi connectivity index (χ1n) is 10.2. The minimum atomic E-state index is -0.547. The van der Waals surface area contributed by atoms with Crippen LogP contribution in [-0.2, 0) is 4.79 Å². The first kappa shape index (κ1) is 19.3. The van der Waals surface area contributed by atoms with Crippen molar-refractivity contribution in [3.8, 4) is 11.5 Å². The van der Waals surface area contributed by atoms with Crippen molar-refractivity contribution >= 4 is 16.7 Å². The van der Waals surface area contributed by atoms with Gasteiger partial charge in [0, 0.05) is 12.0 Å². The highest BCUT2D eigenvalue weighted by Gasteiger charge is 2.35. The van der Waals surface area contributed by atoms with E-state index in [4.69, 9.17) is 9.47 Å². The molecule has 3 aromatic rings. The summed E-state index contributed by atoms with van der Waals surface area (Å²) < 4.78 is 12.1. The van der Waals surface area contributed by atoms with Crippen LogP contribution in [0, 0.1) is 0 Å². The van der Waals surface area contributed by atoms with Gasteiger partial charge in [-0.2, -0.15) is 0 Å². The second kappa shape index (κ2) is 7.78. The van der Waals surface area contributed by atoms with E-state index in [1.54, 1.807) is 0 Å². The monoisotopic (exact) mass is 389 g/mol. The number of amides is 1. The van der Waals surface area contributed by atoms with Crippen LogP contribution in [0.4, 0.5) is 0 Å². The van der Waals surface area contributed by atoms with Crippen LogP contribution < -0.4 is 14.8 Å². The lowest BCUT2D eigenvalue weighted by molar-refractivity contribution is -0.129. The average Bonchev–Trinajstić information content (AvgIpc) is 2.71. The van der Waals surface area contributed by atoms with Crippen molar-refractivity contribution in [2.75, 3.05) is 0 Å². The summed E-state index contributed by atoms with van der Waals surface area (Å²) in [7, 11) is 0. The first-order chi connectivity index (χ1) is 13.9. The summed E-state index contributed by atoms with van der Waals surface area (Å²) in [6.45, 7) is 6.06. The molecule has 0 aromatic heterocycles. The van der Waals surface area contributed by atoms with Gasteiger partial charge in [0.25, 0.3) is 5.91 Å². The predicted octanol–water partition coefficient (Wildman–Crippen LogP) is 5.42. The molecular formula is C25H27NO3. The van der Waals surface area contributed by atoms with Crippen molar-refractivity contribution in [3.63, 3.8) is 0 Å². The molecule has 0 aliphatic carbocycles. The number of para-hydroxylation sites is 1. The molecule has 0 saturated carbocycles. The maximum Gasteiger partial charge on any atom is 0.261 e. The molecule has 0 radical (unpaired) electrons. The van der Waals surface area contributed by atoms with Gasteiger partial charge >= 0.3 is 0 Å². The quantitative estimate of drug-likeness (QED) is 0.634. The summed E-state index contributed by atoms with van der Waals surface area (Å²) in [5.41, 5.74) is 0.675. The number of carbonyl (C=O) groups excluding carboxylic acids is 1. The van der Waals surface area contributed by atoms with Gasteiger partial charge in [-0.1, -0.05) is 55.5 Å². The van der Waals surface area contributed by atoms with Gasteiger partial charge in [-0.05, 0) is 49.2 Å². The Balaban J connectivity index is 1.51. The van der Waals surface area contributed by atoms with Gasteiger partial charge in [0.1, 0.15) is 17.1 Å². The van der Waals surface area contributed by atoms with Crippen molar-refractivity contribution in [2.24, 2.45) is 0 Å². The maximum atomic E-state index is 13.1. The molecule has 150 valence electrons. The number of hydrogen-bond acceptors (Lipinski definition) is 3. The van der Waals surface area contributed by atoms with E-state index in [0.717, 1.165) is 22.1 Å². The molecule has 4 nitrogen and oxygen atoms in total.